The Morgan fingerprint density at radius 1 is 1.25 bits per heavy atom. The quantitative estimate of drug-likeness (QED) is 0.913. The normalized spacial score (nSPS) is 15.7. The molecule has 1 saturated carbocycles. The van der Waals surface area contributed by atoms with Crippen LogP contribution < -0.4 is 5.56 Å². The number of H-pyrrole nitrogens is 1. The topological polar surface area (TPSA) is 58.6 Å². The van der Waals surface area contributed by atoms with Crippen molar-refractivity contribution in [3.8, 4) is 11.5 Å². The van der Waals surface area contributed by atoms with Crippen LogP contribution in [0.1, 0.15) is 43.0 Å². The van der Waals surface area contributed by atoms with Crippen molar-refractivity contribution in [2.75, 3.05) is 0 Å². The molecule has 104 valence electrons. The standard InChI is InChI=1S/C15H16BrN3O/c1-9-5-4-8-11(17-9)14-18-13(10-6-2-3-7-10)12(16)15(20)19-14/h4-5,8,10H,2-3,6-7H2,1H3,(H,18,19,20). The van der Waals surface area contributed by atoms with Crippen LogP contribution in [0.3, 0.4) is 0 Å². The Hall–Kier alpha value is -1.49. The average molecular weight is 334 g/mol. The zero-order valence-electron chi connectivity index (χ0n) is 11.3. The molecule has 1 aliphatic rings. The van der Waals surface area contributed by atoms with Gasteiger partial charge in [-0.25, -0.2) is 9.97 Å². The van der Waals surface area contributed by atoms with Crippen LogP contribution in [0.25, 0.3) is 11.5 Å². The van der Waals surface area contributed by atoms with Crippen molar-refractivity contribution in [1.82, 2.24) is 15.0 Å². The first kappa shape index (κ1) is 13.5. The minimum absolute atomic E-state index is 0.125. The Morgan fingerprint density at radius 3 is 2.70 bits per heavy atom. The van der Waals surface area contributed by atoms with E-state index in [2.05, 4.69) is 30.9 Å². The maximum Gasteiger partial charge on any atom is 0.265 e. The van der Waals surface area contributed by atoms with E-state index in [1.807, 2.05) is 25.1 Å². The largest absolute Gasteiger partial charge is 0.304 e. The summed E-state index contributed by atoms with van der Waals surface area (Å²) in [5.41, 5.74) is 2.38. The maximum atomic E-state index is 12.1. The second-order valence-corrected chi connectivity index (χ2v) is 6.05. The average Bonchev–Trinajstić information content (AvgIpc) is 2.95. The smallest absolute Gasteiger partial charge is 0.265 e. The highest BCUT2D eigenvalue weighted by atomic mass is 79.9. The van der Waals surface area contributed by atoms with E-state index in [0.29, 0.717) is 21.9 Å². The molecular formula is C15H16BrN3O. The minimum Gasteiger partial charge on any atom is -0.304 e. The number of nitrogens with zero attached hydrogens (tertiary/aromatic N) is 2. The van der Waals surface area contributed by atoms with E-state index in [9.17, 15) is 4.79 Å². The van der Waals surface area contributed by atoms with Gasteiger partial charge in [-0.05, 0) is 47.8 Å². The van der Waals surface area contributed by atoms with Gasteiger partial charge in [0.2, 0.25) is 0 Å². The van der Waals surface area contributed by atoms with Crippen LogP contribution in [0.4, 0.5) is 0 Å². The summed E-state index contributed by atoms with van der Waals surface area (Å²) in [5.74, 6) is 0.944. The number of aromatic amines is 1. The predicted molar refractivity (Wildman–Crippen MR) is 81.7 cm³/mol. The van der Waals surface area contributed by atoms with E-state index in [1.54, 1.807) is 0 Å². The first-order valence-electron chi connectivity index (χ1n) is 6.89. The number of aryl methyl sites for hydroxylation is 1. The molecule has 0 spiro atoms. The Balaban J connectivity index is 2.11. The maximum absolute atomic E-state index is 12.1. The molecule has 4 nitrogen and oxygen atoms in total. The first-order chi connectivity index (χ1) is 9.65. The molecule has 1 fully saturated rings. The molecule has 2 aromatic heterocycles. The number of pyridine rings is 1. The van der Waals surface area contributed by atoms with Crippen LogP contribution in [0.2, 0.25) is 0 Å². The van der Waals surface area contributed by atoms with Crippen LogP contribution in [0.5, 0.6) is 0 Å². The van der Waals surface area contributed by atoms with Gasteiger partial charge in [-0.1, -0.05) is 18.9 Å². The number of aromatic nitrogens is 3. The number of hydrogen-bond acceptors (Lipinski definition) is 3. The molecule has 0 aliphatic heterocycles. The predicted octanol–water partition coefficient (Wildman–Crippen LogP) is 3.56. The van der Waals surface area contributed by atoms with E-state index in [1.165, 1.54) is 12.8 Å². The summed E-state index contributed by atoms with van der Waals surface area (Å²) in [6.07, 6.45) is 4.64. The van der Waals surface area contributed by atoms with Crippen molar-refractivity contribution in [1.29, 1.82) is 0 Å². The highest BCUT2D eigenvalue weighted by Crippen LogP contribution is 2.35. The fraction of sp³-hybridized carbons (Fsp3) is 0.400. The van der Waals surface area contributed by atoms with Gasteiger partial charge in [0.05, 0.1) is 5.69 Å². The van der Waals surface area contributed by atoms with E-state index in [0.717, 1.165) is 24.2 Å². The molecule has 3 rings (SSSR count). The molecule has 0 bridgehead atoms. The molecule has 5 heteroatoms. The fourth-order valence-electron chi connectivity index (χ4n) is 2.74. The summed E-state index contributed by atoms with van der Waals surface area (Å²) in [6.45, 7) is 1.93. The lowest BCUT2D eigenvalue weighted by Crippen LogP contribution is -2.15. The second-order valence-electron chi connectivity index (χ2n) is 5.26. The van der Waals surface area contributed by atoms with Gasteiger partial charge in [0, 0.05) is 11.6 Å². The molecule has 2 heterocycles. The highest BCUT2D eigenvalue weighted by molar-refractivity contribution is 9.10. The molecule has 0 saturated heterocycles. The molecule has 0 amide bonds. The zero-order valence-corrected chi connectivity index (χ0v) is 12.9. The van der Waals surface area contributed by atoms with Crippen LogP contribution in [0.15, 0.2) is 27.5 Å². The summed E-state index contributed by atoms with van der Waals surface area (Å²) in [5, 5.41) is 0. The van der Waals surface area contributed by atoms with Gasteiger partial charge < -0.3 is 4.98 Å². The third kappa shape index (κ3) is 2.54. The Kier molecular flexibility index (Phi) is 3.70. The van der Waals surface area contributed by atoms with Gasteiger partial charge in [0.15, 0.2) is 5.82 Å². The van der Waals surface area contributed by atoms with Gasteiger partial charge in [-0.2, -0.15) is 0 Å². The van der Waals surface area contributed by atoms with Gasteiger partial charge in [-0.3, -0.25) is 4.79 Å². The van der Waals surface area contributed by atoms with Crippen LogP contribution >= 0.6 is 15.9 Å². The van der Waals surface area contributed by atoms with Gasteiger partial charge >= 0.3 is 0 Å². The molecule has 0 aromatic carbocycles. The number of rotatable bonds is 2. The second kappa shape index (κ2) is 5.48. The molecule has 0 radical (unpaired) electrons. The molecule has 0 atom stereocenters. The van der Waals surface area contributed by atoms with Crippen molar-refractivity contribution in [3.63, 3.8) is 0 Å². The third-order valence-electron chi connectivity index (χ3n) is 3.76. The number of halogens is 1. The molecular weight excluding hydrogens is 318 g/mol. The molecule has 1 aliphatic carbocycles. The van der Waals surface area contributed by atoms with Crippen molar-refractivity contribution in [2.45, 2.75) is 38.5 Å². The Bertz CT molecular complexity index is 690. The van der Waals surface area contributed by atoms with Gasteiger partial charge in [0.25, 0.3) is 5.56 Å². The SMILES string of the molecule is Cc1cccc(-c2nc(C3CCCC3)c(Br)c(=O)[nH]2)n1. The van der Waals surface area contributed by atoms with E-state index in [-0.39, 0.29) is 5.56 Å². The van der Waals surface area contributed by atoms with Gasteiger partial charge in [0.1, 0.15) is 10.2 Å². The van der Waals surface area contributed by atoms with Crippen LogP contribution in [0, 0.1) is 6.92 Å². The third-order valence-corrected chi connectivity index (χ3v) is 4.53. The lowest BCUT2D eigenvalue weighted by Gasteiger charge is -2.12. The van der Waals surface area contributed by atoms with Crippen molar-refractivity contribution in [2.24, 2.45) is 0 Å². The first-order valence-corrected chi connectivity index (χ1v) is 7.68. The van der Waals surface area contributed by atoms with Crippen LogP contribution in [-0.4, -0.2) is 15.0 Å². The van der Waals surface area contributed by atoms with Gasteiger partial charge in [-0.15, -0.1) is 0 Å². The zero-order chi connectivity index (χ0) is 14.1. The van der Waals surface area contributed by atoms with Crippen LogP contribution in [-0.2, 0) is 0 Å². The fourth-order valence-corrected chi connectivity index (χ4v) is 3.25. The number of hydrogen-bond donors (Lipinski definition) is 1. The highest BCUT2D eigenvalue weighted by Gasteiger charge is 2.23. The Morgan fingerprint density at radius 2 is 2.00 bits per heavy atom. The Labute approximate surface area is 125 Å². The van der Waals surface area contributed by atoms with E-state index in [4.69, 9.17) is 0 Å². The summed E-state index contributed by atoms with van der Waals surface area (Å²) < 4.78 is 0.570. The van der Waals surface area contributed by atoms with E-state index < -0.39 is 0 Å². The lowest BCUT2D eigenvalue weighted by molar-refractivity contribution is 0.688. The minimum atomic E-state index is -0.125. The molecule has 2 aromatic rings. The molecule has 20 heavy (non-hydrogen) atoms. The summed E-state index contributed by atoms with van der Waals surface area (Å²) in [6, 6.07) is 5.73. The molecule has 1 N–H and O–H groups in total. The summed E-state index contributed by atoms with van der Waals surface area (Å²) in [4.78, 5) is 24.0. The number of nitrogens with one attached hydrogen (secondary N) is 1. The van der Waals surface area contributed by atoms with Crippen molar-refractivity contribution >= 4 is 15.9 Å². The summed E-state index contributed by atoms with van der Waals surface area (Å²) >= 11 is 3.38. The monoisotopic (exact) mass is 333 g/mol. The van der Waals surface area contributed by atoms with Crippen molar-refractivity contribution < 1.29 is 0 Å². The van der Waals surface area contributed by atoms with E-state index >= 15 is 0 Å². The molecule has 0 unspecified atom stereocenters. The summed E-state index contributed by atoms with van der Waals surface area (Å²) in [7, 11) is 0. The van der Waals surface area contributed by atoms with Crippen molar-refractivity contribution in [3.05, 3.63) is 44.4 Å². The lowest BCUT2D eigenvalue weighted by atomic mass is 10.0.